The fourth-order valence-electron chi connectivity index (χ4n) is 2.43. The molecule has 1 amide bonds. The van der Waals surface area contributed by atoms with E-state index in [1.54, 1.807) is 0 Å². The normalized spacial score (nSPS) is 18.6. The van der Waals surface area contributed by atoms with Crippen molar-refractivity contribution in [1.29, 1.82) is 0 Å². The highest BCUT2D eigenvalue weighted by Gasteiger charge is 2.25. The van der Waals surface area contributed by atoms with Crippen LogP contribution in [0.1, 0.15) is 26.2 Å². The maximum atomic E-state index is 11.4. The lowest BCUT2D eigenvalue weighted by Gasteiger charge is -2.32. The molecule has 21 heavy (non-hydrogen) atoms. The topological polar surface area (TPSA) is 84.1 Å². The molecule has 1 atom stereocenters. The largest absolute Gasteiger partial charge is 0.370 e. The molecule has 0 spiro atoms. The van der Waals surface area contributed by atoms with Gasteiger partial charge in [0.05, 0.1) is 5.92 Å². The number of anilines is 2. The number of rotatable bonds is 6. The van der Waals surface area contributed by atoms with E-state index in [0.29, 0.717) is 6.54 Å². The number of nitrogens with zero attached hydrogens (tertiary/aromatic N) is 3. The lowest BCUT2D eigenvalue weighted by molar-refractivity contribution is -0.122. The Hall–Kier alpha value is -1.50. The fourth-order valence-corrected chi connectivity index (χ4v) is 2.80. The highest BCUT2D eigenvalue weighted by Crippen LogP contribution is 2.25. The summed E-state index contributed by atoms with van der Waals surface area (Å²) in [5.74, 6) is 1.41. The van der Waals surface area contributed by atoms with Crippen molar-refractivity contribution in [2.45, 2.75) is 31.3 Å². The van der Waals surface area contributed by atoms with E-state index in [-0.39, 0.29) is 11.8 Å². The number of piperidine rings is 1. The van der Waals surface area contributed by atoms with Crippen LogP contribution in [0.4, 0.5) is 11.6 Å². The van der Waals surface area contributed by atoms with Crippen molar-refractivity contribution in [3.63, 3.8) is 0 Å². The Labute approximate surface area is 129 Å². The first-order valence-corrected chi connectivity index (χ1v) is 8.57. The number of nitrogens with one attached hydrogen (secondary N) is 1. The minimum absolute atomic E-state index is 0.0847. The van der Waals surface area contributed by atoms with Gasteiger partial charge in [-0.05, 0) is 25.5 Å². The van der Waals surface area contributed by atoms with Gasteiger partial charge in [-0.25, -0.2) is 9.97 Å². The first-order valence-electron chi connectivity index (χ1n) is 7.35. The molecule has 0 bridgehead atoms. The van der Waals surface area contributed by atoms with Crippen molar-refractivity contribution in [3.8, 4) is 0 Å². The molecule has 0 aliphatic carbocycles. The molecule has 6 nitrogen and oxygen atoms in total. The molecule has 3 N–H and O–H groups in total. The molecule has 1 aromatic heterocycles. The third-order valence-corrected chi connectivity index (χ3v) is 4.13. The zero-order chi connectivity index (χ0) is 15.2. The van der Waals surface area contributed by atoms with Crippen molar-refractivity contribution in [1.82, 2.24) is 9.97 Å². The van der Waals surface area contributed by atoms with E-state index in [0.717, 1.165) is 49.1 Å². The van der Waals surface area contributed by atoms with Crippen LogP contribution in [0.3, 0.4) is 0 Å². The van der Waals surface area contributed by atoms with Crippen LogP contribution >= 0.6 is 11.8 Å². The number of amides is 1. The van der Waals surface area contributed by atoms with Crippen LogP contribution in [0, 0.1) is 5.92 Å². The number of hydrogen-bond acceptors (Lipinski definition) is 6. The predicted molar refractivity (Wildman–Crippen MR) is 86.7 cm³/mol. The van der Waals surface area contributed by atoms with Crippen molar-refractivity contribution < 1.29 is 4.79 Å². The Bertz CT molecular complexity index is 496. The van der Waals surface area contributed by atoms with Gasteiger partial charge in [0.25, 0.3) is 0 Å². The Morgan fingerprint density at radius 1 is 1.57 bits per heavy atom. The van der Waals surface area contributed by atoms with E-state index >= 15 is 0 Å². The first kappa shape index (κ1) is 15.9. The molecule has 1 unspecified atom stereocenters. The predicted octanol–water partition coefficient (Wildman–Crippen LogP) is 1.72. The highest BCUT2D eigenvalue weighted by atomic mass is 32.2. The second-order valence-electron chi connectivity index (χ2n) is 5.21. The molecule has 1 aromatic rings. The molecule has 1 saturated heterocycles. The third kappa shape index (κ3) is 4.23. The van der Waals surface area contributed by atoms with E-state index < -0.39 is 0 Å². The summed E-state index contributed by atoms with van der Waals surface area (Å²) in [6.07, 6.45) is 4.84. The van der Waals surface area contributed by atoms with Gasteiger partial charge in [-0.15, -0.1) is 0 Å². The monoisotopic (exact) mass is 309 g/mol. The van der Waals surface area contributed by atoms with Crippen LogP contribution in [0.5, 0.6) is 0 Å². The molecular weight excluding hydrogens is 286 g/mol. The van der Waals surface area contributed by atoms with Crippen LogP contribution in [-0.4, -0.2) is 41.8 Å². The second kappa shape index (κ2) is 7.49. The minimum Gasteiger partial charge on any atom is -0.370 e. The van der Waals surface area contributed by atoms with Crippen LogP contribution in [0.15, 0.2) is 11.2 Å². The average Bonchev–Trinajstić information content (AvgIpc) is 2.52. The van der Waals surface area contributed by atoms with E-state index in [2.05, 4.69) is 27.1 Å². The number of hydrogen-bond donors (Lipinski definition) is 2. The first-order chi connectivity index (χ1) is 10.1. The van der Waals surface area contributed by atoms with Gasteiger partial charge >= 0.3 is 0 Å². The van der Waals surface area contributed by atoms with Crippen molar-refractivity contribution in [3.05, 3.63) is 6.07 Å². The standard InChI is InChI=1S/C14H23N5OS/c1-3-6-16-11-8-12(18-14(17-11)21-2)19-7-4-5-10(9-19)13(15)20/h8,10H,3-7,9H2,1-2H3,(H2,15,20)(H,16,17,18). The quantitative estimate of drug-likeness (QED) is 0.615. The van der Waals surface area contributed by atoms with Gasteiger partial charge in [-0.3, -0.25) is 4.79 Å². The summed E-state index contributed by atoms with van der Waals surface area (Å²) in [5.41, 5.74) is 5.44. The van der Waals surface area contributed by atoms with Gasteiger partial charge in [0.1, 0.15) is 11.6 Å². The summed E-state index contributed by atoms with van der Waals surface area (Å²) >= 11 is 1.52. The number of aromatic nitrogens is 2. The SMILES string of the molecule is CCCNc1cc(N2CCCC(C(N)=O)C2)nc(SC)n1. The summed E-state index contributed by atoms with van der Waals surface area (Å²) < 4.78 is 0. The zero-order valence-electron chi connectivity index (χ0n) is 12.6. The van der Waals surface area contributed by atoms with Gasteiger partial charge in [0.15, 0.2) is 5.16 Å². The maximum Gasteiger partial charge on any atom is 0.222 e. The summed E-state index contributed by atoms with van der Waals surface area (Å²) in [6.45, 7) is 4.55. The lowest BCUT2D eigenvalue weighted by Crippen LogP contribution is -2.41. The van der Waals surface area contributed by atoms with Gasteiger partial charge in [0.2, 0.25) is 5.91 Å². The molecule has 2 heterocycles. The molecule has 0 saturated carbocycles. The maximum absolute atomic E-state index is 11.4. The van der Waals surface area contributed by atoms with Crippen molar-refractivity contribution in [2.24, 2.45) is 11.7 Å². The van der Waals surface area contributed by atoms with Gasteiger partial charge in [-0.2, -0.15) is 0 Å². The lowest BCUT2D eigenvalue weighted by atomic mass is 9.97. The van der Waals surface area contributed by atoms with Crippen LogP contribution < -0.4 is 16.0 Å². The van der Waals surface area contributed by atoms with Crippen molar-refractivity contribution in [2.75, 3.05) is 36.1 Å². The number of nitrogens with two attached hydrogens (primary N) is 1. The molecule has 1 aliphatic heterocycles. The minimum atomic E-state index is -0.219. The van der Waals surface area contributed by atoms with E-state index in [4.69, 9.17) is 5.73 Å². The highest BCUT2D eigenvalue weighted by molar-refractivity contribution is 7.98. The van der Waals surface area contributed by atoms with Crippen molar-refractivity contribution >= 4 is 29.3 Å². The van der Waals surface area contributed by atoms with Crippen LogP contribution in [0.2, 0.25) is 0 Å². The summed E-state index contributed by atoms with van der Waals surface area (Å²) in [5, 5.41) is 4.04. The fraction of sp³-hybridized carbons (Fsp3) is 0.643. The molecule has 116 valence electrons. The van der Waals surface area contributed by atoms with Crippen LogP contribution in [0.25, 0.3) is 0 Å². The summed E-state index contributed by atoms with van der Waals surface area (Å²) in [6, 6.07) is 1.96. The smallest absolute Gasteiger partial charge is 0.222 e. The average molecular weight is 309 g/mol. The van der Waals surface area contributed by atoms with E-state index in [1.807, 2.05) is 12.3 Å². The number of carbonyl (C=O) groups excluding carboxylic acids is 1. The molecule has 0 aromatic carbocycles. The Morgan fingerprint density at radius 2 is 2.38 bits per heavy atom. The number of carbonyl (C=O) groups is 1. The Kier molecular flexibility index (Phi) is 5.67. The molecule has 0 radical (unpaired) electrons. The Balaban J connectivity index is 2.18. The summed E-state index contributed by atoms with van der Waals surface area (Å²) in [4.78, 5) is 22.6. The molecular formula is C14H23N5OS. The molecule has 1 fully saturated rings. The van der Waals surface area contributed by atoms with Gasteiger partial charge in [0, 0.05) is 25.7 Å². The summed E-state index contributed by atoms with van der Waals surface area (Å²) in [7, 11) is 0. The number of thioether (sulfide) groups is 1. The zero-order valence-corrected chi connectivity index (χ0v) is 13.4. The van der Waals surface area contributed by atoms with Gasteiger partial charge < -0.3 is 16.0 Å². The molecule has 2 rings (SSSR count). The molecule has 7 heteroatoms. The van der Waals surface area contributed by atoms with E-state index in [1.165, 1.54) is 11.8 Å². The number of primary amides is 1. The van der Waals surface area contributed by atoms with Crippen LogP contribution in [-0.2, 0) is 4.79 Å². The molecule has 1 aliphatic rings. The van der Waals surface area contributed by atoms with Gasteiger partial charge in [-0.1, -0.05) is 18.7 Å². The Morgan fingerprint density at radius 3 is 3.05 bits per heavy atom. The second-order valence-corrected chi connectivity index (χ2v) is 5.99. The van der Waals surface area contributed by atoms with E-state index in [9.17, 15) is 4.79 Å². The third-order valence-electron chi connectivity index (χ3n) is 3.58.